The number of fused-ring (bicyclic) bond motifs is 1. The number of aryl methyl sites for hydroxylation is 1. The lowest BCUT2D eigenvalue weighted by Gasteiger charge is -2.39. The number of carbonyl (C=O) groups is 2. The van der Waals surface area contributed by atoms with Crippen LogP contribution in [0.3, 0.4) is 0 Å². The molecular weight excluding hydrogens is 502 g/mol. The molecule has 1 aromatic heterocycles. The Morgan fingerprint density at radius 3 is 2.42 bits per heavy atom. The lowest BCUT2D eigenvalue weighted by molar-refractivity contribution is -0.137. The van der Waals surface area contributed by atoms with Crippen molar-refractivity contribution in [2.45, 2.75) is 31.6 Å². The second-order valence-electron chi connectivity index (χ2n) is 10.1. The maximum Gasteiger partial charge on any atom is 0.243 e. The molecule has 38 heavy (non-hydrogen) atoms. The average molecular weight is 536 g/mol. The molecule has 0 saturated carbocycles. The second kappa shape index (κ2) is 10.7. The summed E-state index contributed by atoms with van der Waals surface area (Å²) in [5.41, 5.74) is 3.80. The minimum absolute atomic E-state index is 0.0285. The zero-order valence-electron chi connectivity index (χ0n) is 21.8. The number of aromatic nitrogens is 1. The van der Waals surface area contributed by atoms with Crippen LogP contribution in [-0.2, 0) is 19.6 Å². The van der Waals surface area contributed by atoms with Gasteiger partial charge >= 0.3 is 0 Å². The van der Waals surface area contributed by atoms with Gasteiger partial charge in [-0.3, -0.25) is 14.6 Å². The van der Waals surface area contributed by atoms with Crippen LogP contribution in [0, 0.1) is 12.8 Å². The van der Waals surface area contributed by atoms with Crippen LogP contribution < -0.4 is 10.2 Å². The molecule has 3 heterocycles. The Kier molecular flexibility index (Phi) is 7.36. The summed E-state index contributed by atoms with van der Waals surface area (Å²) in [4.78, 5) is 33.5. The summed E-state index contributed by atoms with van der Waals surface area (Å²) in [5, 5.41) is 3.75. The summed E-state index contributed by atoms with van der Waals surface area (Å²) >= 11 is 0. The lowest BCUT2D eigenvalue weighted by atomic mass is 9.97. The zero-order valence-corrected chi connectivity index (χ0v) is 22.6. The van der Waals surface area contributed by atoms with Crippen molar-refractivity contribution in [2.24, 2.45) is 5.92 Å². The molecular formula is C28H33N5O4S. The quantitative estimate of drug-likeness (QED) is 0.538. The number of anilines is 2. The smallest absolute Gasteiger partial charge is 0.243 e. The van der Waals surface area contributed by atoms with Crippen molar-refractivity contribution in [3.05, 3.63) is 60.3 Å². The highest BCUT2D eigenvalue weighted by Crippen LogP contribution is 2.29. The van der Waals surface area contributed by atoms with Gasteiger partial charge in [-0.05, 0) is 61.7 Å². The van der Waals surface area contributed by atoms with E-state index < -0.39 is 10.0 Å². The Hall–Kier alpha value is -3.50. The molecule has 9 nitrogen and oxygen atoms in total. The topological polar surface area (TPSA) is 103 Å². The maximum absolute atomic E-state index is 13.4. The average Bonchev–Trinajstić information content (AvgIpc) is 2.92. The zero-order chi connectivity index (χ0) is 26.9. The van der Waals surface area contributed by atoms with Crippen molar-refractivity contribution in [3.8, 4) is 0 Å². The molecule has 0 bridgehead atoms. The summed E-state index contributed by atoms with van der Waals surface area (Å²) in [6.07, 6.45) is 3.15. The van der Waals surface area contributed by atoms with Gasteiger partial charge in [-0.25, -0.2) is 8.42 Å². The van der Waals surface area contributed by atoms with Gasteiger partial charge in [0.15, 0.2) is 0 Å². The highest BCUT2D eigenvalue weighted by Gasteiger charge is 2.36. The normalized spacial score (nSPS) is 18.9. The predicted octanol–water partition coefficient (Wildman–Crippen LogP) is 3.25. The van der Waals surface area contributed by atoms with Crippen LogP contribution in [0.5, 0.6) is 0 Å². The molecule has 2 aliphatic heterocycles. The van der Waals surface area contributed by atoms with E-state index >= 15 is 0 Å². The van der Waals surface area contributed by atoms with Gasteiger partial charge < -0.3 is 15.1 Å². The molecule has 1 atom stereocenters. The van der Waals surface area contributed by atoms with E-state index in [0.29, 0.717) is 51.3 Å². The number of nitrogens with zero attached hydrogens (tertiary/aromatic N) is 4. The van der Waals surface area contributed by atoms with Crippen LogP contribution in [-0.4, -0.2) is 73.7 Å². The first-order valence-corrected chi connectivity index (χ1v) is 14.4. The van der Waals surface area contributed by atoms with E-state index in [4.69, 9.17) is 0 Å². The molecule has 2 amide bonds. The standard InChI is InChI=1S/C28H33N5O4S/c1-20-5-10-25-26(18-20)29-12-11-27(25)31-14-16-32(17-15-31)28(35)22-4-3-13-33(19-22)38(36,37)24-8-6-23(7-9-24)30-21(2)34/h5-12,18,22H,3-4,13-17,19H2,1-2H3,(H,30,34). The number of pyridine rings is 1. The largest absolute Gasteiger partial charge is 0.367 e. The van der Waals surface area contributed by atoms with Gasteiger partial charge in [0.25, 0.3) is 0 Å². The Labute approximate surface area is 223 Å². The van der Waals surface area contributed by atoms with Crippen molar-refractivity contribution in [3.63, 3.8) is 0 Å². The van der Waals surface area contributed by atoms with E-state index in [1.807, 2.05) is 17.2 Å². The summed E-state index contributed by atoms with van der Waals surface area (Å²) in [6, 6.07) is 14.5. The molecule has 2 saturated heterocycles. The van der Waals surface area contributed by atoms with E-state index in [1.165, 1.54) is 28.9 Å². The van der Waals surface area contributed by atoms with Gasteiger partial charge in [0.05, 0.1) is 16.3 Å². The van der Waals surface area contributed by atoms with E-state index in [-0.39, 0.29) is 29.2 Å². The number of piperazine rings is 1. The fourth-order valence-electron chi connectivity index (χ4n) is 5.37. The maximum atomic E-state index is 13.4. The number of amides is 2. The minimum atomic E-state index is -3.74. The number of hydrogen-bond acceptors (Lipinski definition) is 6. The molecule has 1 unspecified atom stereocenters. The molecule has 3 aromatic rings. The number of nitrogens with one attached hydrogen (secondary N) is 1. The SMILES string of the molecule is CC(=O)Nc1ccc(S(=O)(=O)N2CCCC(C(=O)N3CCN(c4ccnc5cc(C)ccc45)CC3)C2)cc1. The number of hydrogen-bond donors (Lipinski definition) is 1. The lowest BCUT2D eigenvalue weighted by Crippen LogP contribution is -2.53. The van der Waals surface area contributed by atoms with Crippen LogP contribution in [0.15, 0.2) is 59.6 Å². The Morgan fingerprint density at radius 1 is 0.974 bits per heavy atom. The van der Waals surface area contributed by atoms with E-state index in [9.17, 15) is 18.0 Å². The molecule has 5 rings (SSSR count). The highest BCUT2D eigenvalue weighted by atomic mass is 32.2. The number of benzene rings is 2. The molecule has 0 radical (unpaired) electrons. The van der Waals surface area contributed by atoms with E-state index in [2.05, 4.69) is 40.3 Å². The van der Waals surface area contributed by atoms with Crippen molar-refractivity contribution in [2.75, 3.05) is 49.5 Å². The number of sulfonamides is 1. The van der Waals surface area contributed by atoms with Crippen molar-refractivity contribution < 1.29 is 18.0 Å². The van der Waals surface area contributed by atoms with Crippen LogP contribution >= 0.6 is 0 Å². The predicted molar refractivity (Wildman–Crippen MR) is 148 cm³/mol. The second-order valence-corrected chi connectivity index (χ2v) is 12.0. The van der Waals surface area contributed by atoms with E-state index in [1.54, 1.807) is 12.1 Å². The molecule has 200 valence electrons. The third-order valence-corrected chi connectivity index (χ3v) is 9.23. The highest BCUT2D eigenvalue weighted by molar-refractivity contribution is 7.89. The molecule has 0 spiro atoms. The van der Waals surface area contributed by atoms with Gasteiger partial charge in [0.2, 0.25) is 21.8 Å². The molecule has 2 aromatic carbocycles. The fraction of sp³-hybridized carbons (Fsp3) is 0.393. The van der Waals surface area contributed by atoms with Crippen LogP contribution in [0.2, 0.25) is 0 Å². The van der Waals surface area contributed by atoms with Gasteiger partial charge in [-0.2, -0.15) is 4.31 Å². The molecule has 1 N–H and O–H groups in total. The number of rotatable bonds is 5. The summed E-state index contributed by atoms with van der Waals surface area (Å²) in [7, 11) is -3.74. The third-order valence-electron chi connectivity index (χ3n) is 7.35. The molecule has 10 heteroatoms. The molecule has 2 fully saturated rings. The first-order valence-electron chi connectivity index (χ1n) is 13.0. The van der Waals surface area contributed by atoms with Crippen molar-refractivity contribution >= 4 is 44.1 Å². The first kappa shape index (κ1) is 26.1. The fourth-order valence-corrected chi connectivity index (χ4v) is 6.89. The number of piperidine rings is 1. The van der Waals surface area contributed by atoms with Gasteiger partial charge in [0.1, 0.15) is 0 Å². The van der Waals surface area contributed by atoms with E-state index in [0.717, 1.165) is 16.6 Å². The molecule has 2 aliphatic rings. The summed E-state index contributed by atoms with van der Waals surface area (Å²) < 4.78 is 28.0. The van der Waals surface area contributed by atoms with Crippen LogP contribution in [0.1, 0.15) is 25.3 Å². The summed E-state index contributed by atoms with van der Waals surface area (Å²) in [6.45, 7) is 6.66. The third kappa shape index (κ3) is 5.37. The van der Waals surface area contributed by atoms with Gasteiger partial charge in [0, 0.05) is 69.2 Å². The Bertz CT molecular complexity index is 1450. The van der Waals surface area contributed by atoms with Gasteiger partial charge in [-0.15, -0.1) is 0 Å². The number of carbonyl (C=O) groups excluding carboxylic acids is 2. The Morgan fingerprint density at radius 2 is 1.71 bits per heavy atom. The Balaban J connectivity index is 1.22. The van der Waals surface area contributed by atoms with Gasteiger partial charge in [-0.1, -0.05) is 12.1 Å². The first-order chi connectivity index (χ1) is 18.2. The summed E-state index contributed by atoms with van der Waals surface area (Å²) in [5.74, 6) is -0.544. The molecule has 0 aliphatic carbocycles. The van der Waals surface area contributed by atoms with Crippen LogP contribution in [0.4, 0.5) is 11.4 Å². The van der Waals surface area contributed by atoms with Crippen LogP contribution in [0.25, 0.3) is 10.9 Å². The minimum Gasteiger partial charge on any atom is -0.367 e. The monoisotopic (exact) mass is 535 g/mol. The van der Waals surface area contributed by atoms with Crippen molar-refractivity contribution in [1.82, 2.24) is 14.2 Å². The van der Waals surface area contributed by atoms with Crippen molar-refractivity contribution in [1.29, 1.82) is 0 Å².